The zero-order valence-electron chi connectivity index (χ0n) is 10.2. The summed E-state index contributed by atoms with van der Waals surface area (Å²) in [7, 11) is 0. The van der Waals surface area contributed by atoms with Crippen LogP contribution in [0.2, 0.25) is 10.0 Å². The van der Waals surface area contributed by atoms with Crippen molar-refractivity contribution in [3.05, 3.63) is 27.7 Å². The van der Waals surface area contributed by atoms with Gasteiger partial charge in [-0.1, -0.05) is 36.0 Å². The molecule has 1 amide bonds. The van der Waals surface area contributed by atoms with Gasteiger partial charge in [-0.25, -0.2) is 0 Å². The minimum Gasteiger partial charge on any atom is -0.397 e. The molecule has 1 unspecified atom stereocenters. The Morgan fingerprint density at radius 2 is 2.17 bits per heavy atom. The number of anilines is 1. The van der Waals surface area contributed by atoms with Gasteiger partial charge in [0.1, 0.15) is 0 Å². The van der Waals surface area contributed by atoms with Crippen LogP contribution in [-0.2, 0) is 0 Å². The molecule has 0 aliphatic heterocycles. The van der Waals surface area contributed by atoms with Crippen molar-refractivity contribution in [3.63, 3.8) is 0 Å². The van der Waals surface area contributed by atoms with E-state index in [1.165, 1.54) is 12.8 Å². The summed E-state index contributed by atoms with van der Waals surface area (Å²) in [5, 5.41) is 3.54. The van der Waals surface area contributed by atoms with Crippen molar-refractivity contribution in [1.29, 1.82) is 0 Å². The minimum atomic E-state index is -0.159. The molecule has 0 bridgehead atoms. The zero-order valence-corrected chi connectivity index (χ0v) is 11.7. The number of amides is 1. The topological polar surface area (TPSA) is 55.1 Å². The number of halogens is 2. The van der Waals surface area contributed by atoms with Crippen LogP contribution in [0.4, 0.5) is 5.69 Å². The predicted molar refractivity (Wildman–Crippen MR) is 75.1 cm³/mol. The number of nitrogens with one attached hydrogen (secondary N) is 1. The molecule has 0 radical (unpaired) electrons. The molecule has 0 saturated heterocycles. The van der Waals surface area contributed by atoms with Crippen LogP contribution in [0.1, 0.15) is 36.5 Å². The SMILES string of the molecule is CC(CC1CC1)NC(=O)c1cc(N)c(Cl)c(Cl)c1. The Morgan fingerprint density at radius 1 is 1.50 bits per heavy atom. The molecule has 1 fully saturated rings. The van der Waals surface area contributed by atoms with E-state index in [1.807, 2.05) is 6.92 Å². The number of benzene rings is 1. The number of hydrogen-bond acceptors (Lipinski definition) is 2. The fourth-order valence-electron chi connectivity index (χ4n) is 1.96. The molecule has 1 aromatic carbocycles. The van der Waals surface area contributed by atoms with Gasteiger partial charge in [0.15, 0.2) is 0 Å². The Labute approximate surface area is 117 Å². The van der Waals surface area contributed by atoms with E-state index in [4.69, 9.17) is 28.9 Å². The molecule has 3 N–H and O–H groups in total. The predicted octanol–water partition coefficient (Wildman–Crippen LogP) is 3.49. The second kappa shape index (κ2) is 5.37. The van der Waals surface area contributed by atoms with Crippen molar-refractivity contribution in [2.24, 2.45) is 5.92 Å². The third kappa shape index (κ3) is 3.30. The Hall–Kier alpha value is -0.930. The lowest BCUT2D eigenvalue weighted by atomic mass is 10.1. The lowest BCUT2D eigenvalue weighted by Crippen LogP contribution is -2.32. The Kier molecular flexibility index (Phi) is 4.03. The van der Waals surface area contributed by atoms with Gasteiger partial charge in [0.05, 0.1) is 15.7 Å². The Balaban J connectivity index is 2.03. The molecule has 0 spiro atoms. The summed E-state index contributed by atoms with van der Waals surface area (Å²) in [6.07, 6.45) is 3.59. The molecule has 1 atom stereocenters. The highest BCUT2D eigenvalue weighted by Crippen LogP contribution is 2.33. The molecule has 1 saturated carbocycles. The summed E-state index contributed by atoms with van der Waals surface area (Å²) in [6, 6.07) is 3.26. The van der Waals surface area contributed by atoms with Gasteiger partial charge in [-0.2, -0.15) is 0 Å². The van der Waals surface area contributed by atoms with Gasteiger partial charge in [-0.15, -0.1) is 0 Å². The third-order valence-corrected chi connectivity index (χ3v) is 3.90. The lowest BCUT2D eigenvalue weighted by molar-refractivity contribution is 0.0937. The van der Waals surface area contributed by atoms with E-state index >= 15 is 0 Å². The van der Waals surface area contributed by atoms with E-state index in [0.29, 0.717) is 21.3 Å². The number of carbonyl (C=O) groups is 1. The maximum atomic E-state index is 12.0. The summed E-state index contributed by atoms with van der Waals surface area (Å²) < 4.78 is 0. The van der Waals surface area contributed by atoms with Crippen LogP contribution in [0.25, 0.3) is 0 Å². The van der Waals surface area contributed by atoms with Crippen molar-refractivity contribution in [2.75, 3.05) is 5.73 Å². The summed E-state index contributed by atoms with van der Waals surface area (Å²) in [5.74, 6) is 0.618. The number of carbonyl (C=O) groups excluding carboxylic acids is 1. The second-order valence-corrected chi connectivity index (χ2v) is 5.70. The molecule has 2 rings (SSSR count). The molecule has 3 nitrogen and oxygen atoms in total. The first kappa shape index (κ1) is 13.5. The van der Waals surface area contributed by atoms with Gasteiger partial charge in [0.25, 0.3) is 5.91 Å². The molecule has 1 aliphatic carbocycles. The van der Waals surface area contributed by atoms with Gasteiger partial charge in [-0.3, -0.25) is 4.79 Å². The van der Waals surface area contributed by atoms with Crippen molar-refractivity contribution < 1.29 is 4.79 Å². The monoisotopic (exact) mass is 286 g/mol. The summed E-state index contributed by atoms with van der Waals surface area (Å²) in [5.41, 5.74) is 6.46. The quantitative estimate of drug-likeness (QED) is 0.833. The highest BCUT2D eigenvalue weighted by atomic mass is 35.5. The molecular weight excluding hydrogens is 271 g/mol. The molecule has 1 aliphatic rings. The van der Waals surface area contributed by atoms with Crippen LogP contribution in [0.3, 0.4) is 0 Å². The molecular formula is C13H16Cl2N2O. The van der Waals surface area contributed by atoms with Gasteiger partial charge in [-0.05, 0) is 31.4 Å². The van der Waals surface area contributed by atoms with Crippen molar-refractivity contribution >= 4 is 34.8 Å². The molecule has 0 heterocycles. The van der Waals surface area contributed by atoms with E-state index in [1.54, 1.807) is 12.1 Å². The summed E-state index contributed by atoms with van der Waals surface area (Å²) in [6.45, 7) is 2.01. The van der Waals surface area contributed by atoms with E-state index in [9.17, 15) is 4.79 Å². The molecule has 0 aromatic heterocycles. The number of nitrogens with two attached hydrogens (primary N) is 1. The fourth-order valence-corrected chi connectivity index (χ4v) is 2.30. The first-order valence-electron chi connectivity index (χ1n) is 6.02. The van der Waals surface area contributed by atoms with Crippen LogP contribution in [-0.4, -0.2) is 11.9 Å². The maximum absolute atomic E-state index is 12.0. The average Bonchev–Trinajstić information content (AvgIpc) is 3.08. The minimum absolute atomic E-state index is 0.159. The van der Waals surface area contributed by atoms with E-state index in [-0.39, 0.29) is 11.9 Å². The standard InChI is InChI=1S/C13H16Cl2N2O/c1-7(4-8-2-3-8)17-13(18)9-5-10(14)12(15)11(16)6-9/h5-8H,2-4,16H2,1H3,(H,17,18). The van der Waals surface area contributed by atoms with E-state index in [0.717, 1.165) is 12.3 Å². The van der Waals surface area contributed by atoms with Crippen LogP contribution in [0.15, 0.2) is 12.1 Å². The molecule has 5 heteroatoms. The van der Waals surface area contributed by atoms with E-state index < -0.39 is 0 Å². The first-order chi connectivity index (χ1) is 8.47. The van der Waals surface area contributed by atoms with Crippen molar-refractivity contribution in [3.8, 4) is 0 Å². The zero-order chi connectivity index (χ0) is 13.3. The van der Waals surface area contributed by atoms with Crippen LogP contribution < -0.4 is 11.1 Å². The van der Waals surface area contributed by atoms with Crippen LogP contribution in [0, 0.1) is 5.92 Å². The summed E-state index contributed by atoms with van der Waals surface area (Å²) >= 11 is 11.8. The fraction of sp³-hybridized carbons (Fsp3) is 0.462. The van der Waals surface area contributed by atoms with Gasteiger partial charge >= 0.3 is 0 Å². The largest absolute Gasteiger partial charge is 0.397 e. The highest BCUT2D eigenvalue weighted by molar-refractivity contribution is 6.43. The van der Waals surface area contributed by atoms with E-state index in [2.05, 4.69) is 5.32 Å². The lowest BCUT2D eigenvalue weighted by Gasteiger charge is -2.14. The number of rotatable bonds is 4. The Bertz CT molecular complexity index is 449. The number of hydrogen-bond donors (Lipinski definition) is 2. The molecule has 1 aromatic rings. The highest BCUT2D eigenvalue weighted by Gasteiger charge is 2.24. The smallest absolute Gasteiger partial charge is 0.251 e. The van der Waals surface area contributed by atoms with Crippen molar-refractivity contribution in [2.45, 2.75) is 32.2 Å². The summed E-state index contributed by atoms with van der Waals surface area (Å²) in [4.78, 5) is 12.0. The van der Waals surface area contributed by atoms with Gasteiger partial charge in [0.2, 0.25) is 0 Å². The van der Waals surface area contributed by atoms with Crippen molar-refractivity contribution in [1.82, 2.24) is 5.32 Å². The molecule has 98 valence electrons. The molecule has 18 heavy (non-hydrogen) atoms. The Morgan fingerprint density at radius 3 is 2.72 bits per heavy atom. The maximum Gasteiger partial charge on any atom is 0.251 e. The third-order valence-electron chi connectivity index (χ3n) is 3.08. The second-order valence-electron chi connectivity index (χ2n) is 4.91. The normalized spacial score (nSPS) is 16.4. The van der Waals surface area contributed by atoms with Gasteiger partial charge < -0.3 is 11.1 Å². The average molecular weight is 287 g/mol. The van der Waals surface area contributed by atoms with Crippen LogP contribution >= 0.6 is 23.2 Å². The first-order valence-corrected chi connectivity index (χ1v) is 6.78. The van der Waals surface area contributed by atoms with Gasteiger partial charge in [0, 0.05) is 11.6 Å². The van der Waals surface area contributed by atoms with Crippen LogP contribution in [0.5, 0.6) is 0 Å². The number of nitrogen functional groups attached to an aromatic ring is 1.